The molecular formula is C15H22BrN3O. The molecule has 1 aromatic carbocycles. The zero-order valence-electron chi connectivity index (χ0n) is 12.0. The van der Waals surface area contributed by atoms with Gasteiger partial charge < -0.3 is 16.0 Å². The maximum absolute atomic E-state index is 12.4. The molecule has 2 rings (SSSR count). The van der Waals surface area contributed by atoms with Crippen LogP contribution in [-0.2, 0) is 4.79 Å². The lowest BCUT2D eigenvalue weighted by atomic mass is 9.84. The van der Waals surface area contributed by atoms with Gasteiger partial charge in [0.15, 0.2) is 0 Å². The fraction of sp³-hybridized carbons (Fsp3) is 0.533. The summed E-state index contributed by atoms with van der Waals surface area (Å²) in [4.78, 5) is 14.4. The zero-order valence-corrected chi connectivity index (χ0v) is 13.6. The van der Waals surface area contributed by atoms with Crippen LogP contribution in [0.1, 0.15) is 25.7 Å². The molecule has 1 amide bonds. The monoisotopic (exact) mass is 339 g/mol. The van der Waals surface area contributed by atoms with Crippen LogP contribution in [0.25, 0.3) is 0 Å². The molecule has 5 heteroatoms. The molecule has 0 heterocycles. The lowest BCUT2D eigenvalue weighted by Gasteiger charge is -2.28. The first-order valence-electron chi connectivity index (χ1n) is 7.02. The molecule has 1 aromatic rings. The minimum Gasteiger partial charge on any atom is -0.376 e. The third kappa shape index (κ3) is 3.52. The van der Waals surface area contributed by atoms with Crippen molar-refractivity contribution in [3.05, 3.63) is 22.7 Å². The molecule has 1 aliphatic carbocycles. The second-order valence-electron chi connectivity index (χ2n) is 5.60. The van der Waals surface area contributed by atoms with Gasteiger partial charge in [0.25, 0.3) is 0 Å². The third-order valence-electron chi connectivity index (χ3n) is 3.85. The van der Waals surface area contributed by atoms with Gasteiger partial charge in [-0.1, -0.05) is 28.8 Å². The fourth-order valence-electron chi connectivity index (χ4n) is 2.71. The van der Waals surface area contributed by atoms with Crippen LogP contribution < -0.4 is 16.0 Å². The van der Waals surface area contributed by atoms with Gasteiger partial charge in [0, 0.05) is 24.6 Å². The molecule has 0 saturated heterocycles. The number of hydrogen-bond acceptors (Lipinski definition) is 3. The third-order valence-corrected chi connectivity index (χ3v) is 4.35. The largest absolute Gasteiger partial charge is 0.376 e. The molecule has 2 atom stereocenters. The predicted octanol–water partition coefficient (Wildman–Crippen LogP) is 2.97. The summed E-state index contributed by atoms with van der Waals surface area (Å²) in [7, 11) is 3.93. The van der Waals surface area contributed by atoms with E-state index in [2.05, 4.69) is 21.2 Å². The van der Waals surface area contributed by atoms with E-state index in [0.717, 1.165) is 41.5 Å². The van der Waals surface area contributed by atoms with Gasteiger partial charge in [0.05, 0.1) is 17.3 Å². The molecule has 0 aromatic heterocycles. The van der Waals surface area contributed by atoms with Crippen molar-refractivity contribution in [2.24, 2.45) is 11.7 Å². The van der Waals surface area contributed by atoms with E-state index in [1.807, 2.05) is 37.2 Å². The maximum atomic E-state index is 12.4. The Bertz CT molecular complexity index is 490. The molecule has 2 unspecified atom stereocenters. The van der Waals surface area contributed by atoms with Crippen LogP contribution in [0.5, 0.6) is 0 Å². The van der Waals surface area contributed by atoms with Gasteiger partial charge in [-0.3, -0.25) is 4.79 Å². The Kier molecular flexibility index (Phi) is 5.05. The van der Waals surface area contributed by atoms with Crippen LogP contribution >= 0.6 is 15.9 Å². The van der Waals surface area contributed by atoms with Gasteiger partial charge in [-0.15, -0.1) is 0 Å². The first-order chi connectivity index (χ1) is 9.49. The SMILES string of the molecule is CN(C)c1ccc(Br)cc1NC(=O)C1CCCCC1N. The van der Waals surface area contributed by atoms with Crippen molar-refractivity contribution in [3.8, 4) is 0 Å². The summed E-state index contributed by atoms with van der Waals surface area (Å²) in [5.41, 5.74) is 7.90. The van der Waals surface area contributed by atoms with E-state index in [1.165, 1.54) is 0 Å². The highest BCUT2D eigenvalue weighted by Gasteiger charge is 2.28. The molecule has 0 radical (unpaired) electrons. The Hall–Kier alpha value is -1.07. The van der Waals surface area contributed by atoms with Crippen molar-refractivity contribution in [3.63, 3.8) is 0 Å². The number of nitrogens with two attached hydrogens (primary N) is 1. The first kappa shape index (κ1) is 15.3. The molecule has 0 spiro atoms. The minimum atomic E-state index is -0.0715. The number of hydrogen-bond donors (Lipinski definition) is 2. The Labute approximate surface area is 128 Å². The number of halogens is 1. The van der Waals surface area contributed by atoms with Gasteiger partial charge in [0.2, 0.25) is 5.91 Å². The number of carbonyl (C=O) groups excluding carboxylic acids is 1. The summed E-state index contributed by atoms with van der Waals surface area (Å²) in [6.07, 6.45) is 4.05. The number of anilines is 2. The van der Waals surface area contributed by atoms with Crippen LogP contribution in [0, 0.1) is 5.92 Å². The standard InChI is InChI=1S/C15H22BrN3O/c1-19(2)14-8-7-10(16)9-13(14)18-15(20)11-5-3-4-6-12(11)17/h7-9,11-12H,3-6,17H2,1-2H3,(H,18,20). The van der Waals surface area contributed by atoms with E-state index in [0.29, 0.717) is 0 Å². The average Bonchev–Trinajstić information content (AvgIpc) is 2.38. The average molecular weight is 340 g/mol. The minimum absolute atomic E-state index is 0.0151. The first-order valence-corrected chi connectivity index (χ1v) is 7.81. The molecule has 1 saturated carbocycles. The summed E-state index contributed by atoms with van der Waals surface area (Å²) in [6, 6.07) is 5.87. The van der Waals surface area contributed by atoms with Crippen LogP contribution in [-0.4, -0.2) is 26.0 Å². The molecule has 1 aliphatic rings. The predicted molar refractivity (Wildman–Crippen MR) is 87.0 cm³/mol. The molecule has 4 nitrogen and oxygen atoms in total. The molecule has 0 aliphatic heterocycles. The summed E-state index contributed by atoms with van der Waals surface area (Å²) in [5, 5.41) is 3.04. The lowest BCUT2D eigenvalue weighted by molar-refractivity contribution is -0.121. The number of amides is 1. The summed E-state index contributed by atoms with van der Waals surface area (Å²) in [6.45, 7) is 0. The Morgan fingerprint density at radius 2 is 2.05 bits per heavy atom. The second-order valence-corrected chi connectivity index (χ2v) is 6.52. The Morgan fingerprint density at radius 3 is 2.70 bits per heavy atom. The molecular weight excluding hydrogens is 318 g/mol. The Morgan fingerprint density at radius 1 is 1.35 bits per heavy atom. The van der Waals surface area contributed by atoms with Crippen LogP contribution in [0.4, 0.5) is 11.4 Å². The lowest BCUT2D eigenvalue weighted by Crippen LogP contribution is -2.40. The van der Waals surface area contributed by atoms with Crippen LogP contribution in [0.15, 0.2) is 22.7 Å². The second kappa shape index (κ2) is 6.59. The zero-order chi connectivity index (χ0) is 14.7. The van der Waals surface area contributed by atoms with Crippen LogP contribution in [0.3, 0.4) is 0 Å². The summed E-state index contributed by atoms with van der Waals surface area (Å²) >= 11 is 3.45. The molecule has 1 fully saturated rings. The van der Waals surface area contributed by atoms with Crippen molar-refractivity contribution >= 4 is 33.2 Å². The molecule has 20 heavy (non-hydrogen) atoms. The van der Waals surface area contributed by atoms with Gasteiger partial charge >= 0.3 is 0 Å². The number of nitrogens with zero attached hydrogens (tertiary/aromatic N) is 1. The van der Waals surface area contributed by atoms with Crippen molar-refractivity contribution in [2.75, 3.05) is 24.3 Å². The number of carbonyl (C=O) groups is 1. The topological polar surface area (TPSA) is 58.4 Å². The van der Waals surface area contributed by atoms with Crippen molar-refractivity contribution in [1.82, 2.24) is 0 Å². The van der Waals surface area contributed by atoms with E-state index in [1.54, 1.807) is 0 Å². The van der Waals surface area contributed by atoms with E-state index >= 15 is 0 Å². The summed E-state index contributed by atoms with van der Waals surface area (Å²) in [5.74, 6) is -0.0313. The summed E-state index contributed by atoms with van der Waals surface area (Å²) < 4.78 is 0.950. The van der Waals surface area contributed by atoms with E-state index in [-0.39, 0.29) is 17.9 Å². The number of benzene rings is 1. The van der Waals surface area contributed by atoms with E-state index in [4.69, 9.17) is 5.73 Å². The Balaban J connectivity index is 2.16. The van der Waals surface area contributed by atoms with Gasteiger partial charge in [0.1, 0.15) is 0 Å². The molecule has 3 N–H and O–H groups in total. The van der Waals surface area contributed by atoms with E-state index in [9.17, 15) is 4.79 Å². The van der Waals surface area contributed by atoms with Gasteiger partial charge in [-0.2, -0.15) is 0 Å². The van der Waals surface area contributed by atoms with Gasteiger partial charge in [-0.25, -0.2) is 0 Å². The highest BCUT2D eigenvalue weighted by atomic mass is 79.9. The highest BCUT2D eigenvalue weighted by molar-refractivity contribution is 9.10. The van der Waals surface area contributed by atoms with Gasteiger partial charge in [-0.05, 0) is 31.0 Å². The normalized spacial score (nSPS) is 22.4. The smallest absolute Gasteiger partial charge is 0.229 e. The van der Waals surface area contributed by atoms with Crippen molar-refractivity contribution in [1.29, 1.82) is 0 Å². The maximum Gasteiger partial charge on any atom is 0.229 e. The van der Waals surface area contributed by atoms with E-state index < -0.39 is 0 Å². The van der Waals surface area contributed by atoms with Crippen molar-refractivity contribution in [2.45, 2.75) is 31.7 Å². The highest BCUT2D eigenvalue weighted by Crippen LogP contribution is 2.30. The molecule has 0 bridgehead atoms. The fourth-order valence-corrected chi connectivity index (χ4v) is 3.07. The quantitative estimate of drug-likeness (QED) is 0.889. The number of rotatable bonds is 3. The van der Waals surface area contributed by atoms with Crippen molar-refractivity contribution < 1.29 is 4.79 Å². The molecule has 110 valence electrons. The number of nitrogens with one attached hydrogen (secondary N) is 1. The van der Waals surface area contributed by atoms with Crippen LogP contribution in [0.2, 0.25) is 0 Å².